The van der Waals surface area contributed by atoms with Crippen LogP contribution in [0.1, 0.15) is 43.7 Å². The molecular formula is C21H25ClN2O5. The Bertz CT molecular complexity index is 946. The van der Waals surface area contributed by atoms with Gasteiger partial charge in [-0.3, -0.25) is 9.59 Å². The van der Waals surface area contributed by atoms with Crippen LogP contribution in [-0.2, 0) is 9.53 Å². The van der Waals surface area contributed by atoms with E-state index < -0.39 is 11.2 Å². The van der Waals surface area contributed by atoms with Crippen LogP contribution in [0.15, 0.2) is 28.7 Å². The molecule has 2 aliphatic rings. The van der Waals surface area contributed by atoms with Crippen molar-refractivity contribution in [2.75, 3.05) is 19.7 Å². The van der Waals surface area contributed by atoms with Gasteiger partial charge >= 0.3 is 0 Å². The second-order valence-electron chi connectivity index (χ2n) is 8.37. The molecule has 29 heavy (non-hydrogen) atoms. The molecule has 2 amide bonds. The van der Waals surface area contributed by atoms with Crippen molar-refractivity contribution in [1.82, 2.24) is 10.2 Å². The number of likely N-dealkylation sites (tertiary alicyclic amines) is 1. The van der Waals surface area contributed by atoms with Crippen LogP contribution in [0.3, 0.4) is 0 Å². The molecule has 1 aromatic heterocycles. The third-order valence-electron chi connectivity index (χ3n) is 6.03. The van der Waals surface area contributed by atoms with Gasteiger partial charge in [0.25, 0.3) is 5.91 Å². The zero-order valence-electron chi connectivity index (χ0n) is 16.5. The first-order valence-corrected chi connectivity index (χ1v) is 10.2. The van der Waals surface area contributed by atoms with Gasteiger partial charge in [0.2, 0.25) is 5.91 Å². The Kier molecular flexibility index (Phi) is 5.09. The van der Waals surface area contributed by atoms with Crippen molar-refractivity contribution in [3.63, 3.8) is 0 Å². The molecule has 0 bridgehead atoms. The Morgan fingerprint density at radius 1 is 1.28 bits per heavy atom. The van der Waals surface area contributed by atoms with E-state index in [2.05, 4.69) is 5.32 Å². The molecule has 2 aliphatic heterocycles. The third-order valence-corrected chi connectivity index (χ3v) is 6.26. The lowest BCUT2D eigenvalue weighted by Crippen LogP contribution is -2.63. The van der Waals surface area contributed by atoms with Crippen LogP contribution in [0.2, 0.25) is 5.02 Å². The highest BCUT2D eigenvalue weighted by molar-refractivity contribution is 6.31. The lowest BCUT2D eigenvalue weighted by molar-refractivity contribution is -0.191. The SMILES string of the molecule is CC(=O)N[C@H]1CC2(CCN(C(=O)c3cc4cc(Cl)ccc4o3)CC2)OC[C@]1(C)O. The predicted molar refractivity (Wildman–Crippen MR) is 108 cm³/mol. The average molecular weight is 421 g/mol. The van der Waals surface area contributed by atoms with Crippen molar-refractivity contribution in [2.24, 2.45) is 0 Å². The molecule has 2 fully saturated rings. The van der Waals surface area contributed by atoms with Crippen molar-refractivity contribution in [2.45, 2.75) is 50.4 Å². The molecule has 0 aliphatic carbocycles. The zero-order valence-corrected chi connectivity index (χ0v) is 17.3. The van der Waals surface area contributed by atoms with Gasteiger partial charge in [-0.2, -0.15) is 0 Å². The summed E-state index contributed by atoms with van der Waals surface area (Å²) in [5.41, 5.74) is -0.935. The van der Waals surface area contributed by atoms with Crippen molar-refractivity contribution in [3.8, 4) is 0 Å². The summed E-state index contributed by atoms with van der Waals surface area (Å²) < 4.78 is 11.8. The van der Waals surface area contributed by atoms with E-state index in [0.717, 1.165) is 5.39 Å². The Labute approximate surface area is 173 Å². The smallest absolute Gasteiger partial charge is 0.289 e. The number of aliphatic hydroxyl groups is 1. The lowest BCUT2D eigenvalue weighted by atomic mass is 9.77. The van der Waals surface area contributed by atoms with Crippen molar-refractivity contribution in [3.05, 3.63) is 35.0 Å². The zero-order chi connectivity index (χ0) is 20.8. The number of piperidine rings is 1. The maximum atomic E-state index is 12.9. The summed E-state index contributed by atoms with van der Waals surface area (Å²) in [6.45, 7) is 4.31. The molecule has 4 rings (SSSR count). The van der Waals surface area contributed by atoms with Crippen LogP contribution < -0.4 is 5.32 Å². The highest BCUT2D eigenvalue weighted by Gasteiger charge is 2.49. The maximum absolute atomic E-state index is 12.9. The van der Waals surface area contributed by atoms with Crippen molar-refractivity contribution >= 4 is 34.4 Å². The van der Waals surface area contributed by atoms with Gasteiger partial charge in [-0.1, -0.05) is 11.6 Å². The molecule has 1 aromatic carbocycles. The molecule has 156 valence electrons. The molecule has 8 heteroatoms. The van der Waals surface area contributed by atoms with E-state index in [1.807, 2.05) is 0 Å². The van der Waals surface area contributed by atoms with Gasteiger partial charge in [-0.25, -0.2) is 0 Å². The minimum Gasteiger partial charge on any atom is -0.451 e. The molecule has 2 N–H and O–H groups in total. The lowest BCUT2D eigenvalue weighted by Gasteiger charge is -2.50. The Morgan fingerprint density at radius 2 is 2.00 bits per heavy atom. The molecule has 2 atom stereocenters. The van der Waals surface area contributed by atoms with Gasteiger partial charge in [0, 0.05) is 30.4 Å². The standard InChI is InChI=1S/C21H25ClN2O5/c1-13(25)23-18-11-21(28-12-20(18,2)27)5-7-24(8-6-21)19(26)17-10-14-9-15(22)3-4-16(14)29-17/h3-4,9-10,18,27H,5-8,11-12H2,1-2H3,(H,23,25)/t18-,20-/m0/s1. The highest BCUT2D eigenvalue weighted by Crippen LogP contribution is 2.38. The molecule has 0 saturated carbocycles. The Hall–Kier alpha value is -2.09. The van der Waals surface area contributed by atoms with Gasteiger partial charge in [0.15, 0.2) is 5.76 Å². The first-order chi connectivity index (χ1) is 13.7. The summed E-state index contributed by atoms with van der Waals surface area (Å²) in [6, 6.07) is 6.59. The van der Waals surface area contributed by atoms with Crippen molar-refractivity contribution < 1.29 is 23.8 Å². The van der Waals surface area contributed by atoms with Crippen LogP contribution in [-0.4, -0.2) is 58.8 Å². The number of halogens is 1. The van der Waals surface area contributed by atoms with E-state index in [-0.39, 0.29) is 24.5 Å². The number of ether oxygens (including phenoxy) is 1. The molecule has 2 saturated heterocycles. The maximum Gasteiger partial charge on any atom is 0.289 e. The van der Waals surface area contributed by atoms with Crippen LogP contribution >= 0.6 is 11.6 Å². The molecule has 0 radical (unpaired) electrons. The van der Waals surface area contributed by atoms with E-state index in [9.17, 15) is 14.7 Å². The van der Waals surface area contributed by atoms with Gasteiger partial charge < -0.3 is 24.5 Å². The number of rotatable bonds is 2. The summed E-state index contributed by atoms with van der Waals surface area (Å²) >= 11 is 6.01. The fraction of sp³-hybridized carbons (Fsp3) is 0.524. The first kappa shape index (κ1) is 20.2. The Balaban J connectivity index is 1.44. The number of hydrogen-bond donors (Lipinski definition) is 2. The number of furan rings is 1. The van der Waals surface area contributed by atoms with Crippen LogP contribution in [0.5, 0.6) is 0 Å². The summed E-state index contributed by atoms with van der Waals surface area (Å²) in [5.74, 6) is -0.0415. The van der Waals surface area contributed by atoms with Crippen LogP contribution in [0.25, 0.3) is 11.0 Å². The largest absolute Gasteiger partial charge is 0.451 e. The number of carbonyl (C=O) groups excluding carboxylic acids is 2. The van der Waals surface area contributed by atoms with E-state index in [1.54, 1.807) is 36.1 Å². The summed E-state index contributed by atoms with van der Waals surface area (Å²) in [4.78, 5) is 26.2. The van der Waals surface area contributed by atoms with E-state index in [0.29, 0.717) is 48.7 Å². The number of amides is 2. The first-order valence-electron chi connectivity index (χ1n) is 9.79. The monoisotopic (exact) mass is 420 g/mol. The second kappa shape index (κ2) is 7.31. The number of nitrogens with one attached hydrogen (secondary N) is 1. The molecular weight excluding hydrogens is 396 g/mol. The van der Waals surface area contributed by atoms with Gasteiger partial charge in [-0.15, -0.1) is 0 Å². The fourth-order valence-electron chi connectivity index (χ4n) is 4.24. The van der Waals surface area contributed by atoms with Crippen LogP contribution in [0, 0.1) is 0 Å². The van der Waals surface area contributed by atoms with Crippen LogP contribution in [0.4, 0.5) is 0 Å². The number of nitrogens with zero attached hydrogens (tertiary/aromatic N) is 1. The minimum atomic E-state index is -1.11. The van der Waals surface area contributed by atoms with Crippen molar-refractivity contribution in [1.29, 1.82) is 0 Å². The molecule has 1 spiro atoms. The van der Waals surface area contributed by atoms with E-state index in [1.165, 1.54) is 6.92 Å². The number of benzene rings is 1. The second-order valence-corrected chi connectivity index (χ2v) is 8.81. The quantitative estimate of drug-likeness (QED) is 0.779. The molecule has 2 aromatic rings. The third kappa shape index (κ3) is 3.99. The fourth-order valence-corrected chi connectivity index (χ4v) is 4.42. The number of carbonyl (C=O) groups is 2. The topological polar surface area (TPSA) is 92.0 Å². The predicted octanol–water partition coefficient (Wildman–Crippen LogP) is 2.74. The normalized spacial score (nSPS) is 26.6. The summed E-state index contributed by atoms with van der Waals surface area (Å²) in [5, 5.41) is 14.8. The highest BCUT2D eigenvalue weighted by atomic mass is 35.5. The number of hydrogen-bond acceptors (Lipinski definition) is 5. The van der Waals surface area contributed by atoms with Gasteiger partial charge in [-0.05, 0) is 50.5 Å². The summed E-state index contributed by atoms with van der Waals surface area (Å²) in [6.07, 6.45) is 1.79. The van der Waals surface area contributed by atoms with Gasteiger partial charge in [0.1, 0.15) is 11.2 Å². The average Bonchev–Trinajstić information content (AvgIpc) is 3.08. The summed E-state index contributed by atoms with van der Waals surface area (Å²) in [7, 11) is 0. The van der Waals surface area contributed by atoms with Gasteiger partial charge in [0.05, 0.1) is 18.2 Å². The molecule has 3 heterocycles. The van der Waals surface area contributed by atoms with E-state index >= 15 is 0 Å². The molecule has 7 nitrogen and oxygen atoms in total. The Morgan fingerprint density at radius 3 is 2.69 bits per heavy atom. The number of fused-ring (bicyclic) bond motifs is 1. The molecule has 0 unspecified atom stereocenters. The minimum absolute atomic E-state index is 0.149. The van der Waals surface area contributed by atoms with E-state index in [4.69, 9.17) is 20.8 Å².